The lowest BCUT2D eigenvalue weighted by Crippen LogP contribution is -2.44. The van der Waals surface area contributed by atoms with E-state index < -0.39 is 0 Å². The van der Waals surface area contributed by atoms with Gasteiger partial charge in [0.2, 0.25) is 5.91 Å². The molecule has 1 saturated heterocycles. The monoisotopic (exact) mass is 214 g/mol. The van der Waals surface area contributed by atoms with E-state index in [2.05, 4.69) is 10.6 Å². The number of ether oxygens (including phenoxy) is 1. The largest absolute Gasteiger partial charge is 0.379 e. The number of rotatable bonds is 5. The maximum absolute atomic E-state index is 11.7. The Morgan fingerprint density at radius 3 is 3.00 bits per heavy atom. The van der Waals surface area contributed by atoms with Gasteiger partial charge in [0.25, 0.3) is 0 Å². The Morgan fingerprint density at radius 2 is 2.40 bits per heavy atom. The molecule has 0 aliphatic carbocycles. The molecule has 1 fully saturated rings. The molecule has 1 amide bonds. The zero-order chi connectivity index (χ0) is 11.1. The van der Waals surface area contributed by atoms with E-state index in [1.807, 2.05) is 13.8 Å². The van der Waals surface area contributed by atoms with Gasteiger partial charge >= 0.3 is 0 Å². The van der Waals surface area contributed by atoms with Crippen LogP contribution in [0.5, 0.6) is 0 Å². The van der Waals surface area contributed by atoms with Crippen LogP contribution >= 0.6 is 0 Å². The predicted molar refractivity (Wildman–Crippen MR) is 59.7 cm³/mol. The van der Waals surface area contributed by atoms with E-state index in [0.29, 0.717) is 6.61 Å². The lowest BCUT2D eigenvalue weighted by atomic mass is 10.1. The molecule has 0 aromatic rings. The molecule has 0 saturated carbocycles. The number of nitrogens with one attached hydrogen (secondary N) is 2. The highest BCUT2D eigenvalue weighted by molar-refractivity contribution is 5.78. The average Bonchev–Trinajstić information content (AvgIpc) is 2.27. The minimum atomic E-state index is 0.0341. The van der Waals surface area contributed by atoms with Crippen LogP contribution in [0, 0.1) is 5.92 Å². The molecule has 1 rings (SSSR count). The molecule has 1 heterocycles. The summed E-state index contributed by atoms with van der Waals surface area (Å²) in [5.41, 5.74) is 0. The second-order valence-corrected chi connectivity index (χ2v) is 4.13. The number of hydrogen-bond donors (Lipinski definition) is 2. The van der Waals surface area contributed by atoms with E-state index in [-0.39, 0.29) is 17.9 Å². The van der Waals surface area contributed by atoms with Crippen LogP contribution in [0.3, 0.4) is 0 Å². The highest BCUT2D eigenvalue weighted by atomic mass is 16.5. The van der Waals surface area contributed by atoms with Gasteiger partial charge in [0.1, 0.15) is 0 Å². The summed E-state index contributed by atoms with van der Waals surface area (Å²) in [6.45, 7) is 7.14. The topological polar surface area (TPSA) is 50.4 Å². The molecule has 4 heteroatoms. The first-order chi connectivity index (χ1) is 7.24. The van der Waals surface area contributed by atoms with E-state index in [0.717, 1.165) is 32.5 Å². The van der Waals surface area contributed by atoms with Crippen molar-refractivity contribution in [3.05, 3.63) is 0 Å². The Bertz CT molecular complexity index is 191. The number of carbonyl (C=O) groups excluding carboxylic acids is 1. The first-order valence-electron chi connectivity index (χ1n) is 5.83. The highest BCUT2D eigenvalue weighted by Crippen LogP contribution is 2.06. The highest BCUT2D eigenvalue weighted by Gasteiger charge is 2.19. The van der Waals surface area contributed by atoms with Crippen LogP contribution in [0.1, 0.15) is 26.7 Å². The lowest BCUT2D eigenvalue weighted by molar-refractivity contribution is -0.126. The summed E-state index contributed by atoms with van der Waals surface area (Å²) < 4.78 is 5.31. The fourth-order valence-electron chi connectivity index (χ4n) is 1.65. The van der Waals surface area contributed by atoms with Gasteiger partial charge in [-0.15, -0.1) is 0 Å². The van der Waals surface area contributed by atoms with Gasteiger partial charge in [0.15, 0.2) is 0 Å². The maximum atomic E-state index is 11.7. The number of carbonyl (C=O) groups is 1. The zero-order valence-corrected chi connectivity index (χ0v) is 9.71. The van der Waals surface area contributed by atoms with Gasteiger partial charge in [-0.05, 0) is 19.4 Å². The van der Waals surface area contributed by atoms with Gasteiger partial charge < -0.3 is 15.4 Å². The van der Waals surface area contributed by atoms with Crippen molar-refractivity contribution in [1.29, 1.82) is 0 Å². The molecule has 0 radical (unpaired) electrons. The molecule has 1 aliphatic rings. The van der Waals surface area contributed by atoms with Gasteiger partial charge in [-0.1, -0.05) is 13.8 Å². The molecule has 2 N–H and O–H groups in total. The molecule has 0 spiro atoms. The lowest BCUT2D eigenvalue weighted by Gasteiger charge is -2.24. The molecule has 0 bridgehead atoms. The second kappa shape index (κ2) is 6.80. The van der Waals surface area contributed by atoms with E-state index in [9.17, 15) is 4.79 Å². The van der Waals surface area contributed by atoms with Gasteiger partial charge in [-0.25, -0.2) is 0 Å². The Kier molecular flexibility index (Phi) is 5.65. The van der Waals surface area contributed by atoms with Crippen LogP contribution in [0.4, 0.5) is 0 Å². The molecular weight excluding hydrogens is 192 g/mol. The fourth-order valence-corrected chi connectivity index (χ4v) is 1.65. The van der Waals surface area contributed by atoms with E-state index in [1.165, 1.54) is 0 Å². The Balaban J connectivity index is 2.20. The third-order valence-electron chi connectivity index (χ3n) is 2.65. The van der Waals surface area contributed by atoms with Crippen LogP contribution in [0.15, 0.2) is 0 Å². The van der Waals surface area contributed by atoms with Crippen LogP contribution in [-0.4, -0.2) is 38.3 Å². The zero-order valence-electron chi connectivity index (χ0n) is 9.71. The van der Waals surface area contributed by atoms with Crippen molar-refractivity contribution in [2.24, 2.45) is 5.92 Å². The summed E-state index contributed by atoms with van der Waals surface area (Å²) in [6.07, 6.45) is 2.09. The van der Waals surface area contributed by atoms with E-state index in [1.54, 1.807) is 0 Å². The fraction of sp³-hybridized carbons (Fsp3) is 0.909. The van der Waals surface area contributed by atoms with Gasteiger partial charge in [0.05, 0.1) is 12.6 Å². The molecule has 2 atom stereocenters. The van der Waals surface area contributed by atoms with Gasteiger partial charge in [-0.3, -0.25) is 4.79 Å². The summed E-state index contributed by atoms with van der Waals surface area (Å²) in [7, 11) is 0. The van der Waals surface area contributed by atoms with Crippen LogP contribution in [-0.2, 0) is 9.53 Å². The van der Waals surface area contributed by atoms with E-state index >= 15 is 0 Å². The number of amides is 1. The smallest absolute Gasteiger partial charge is 0.224 e. The summed E-state index contributed by atoms with van der Waals surface area (Å²) in [6, 6.07) is 0.218. The average molecular weight is 214 g/mol. The van der Waals surface area contributed by atoms with Crippen molar-refractivity contribution in [2.75, 3.05) is 26.3 Å². The van der Waals surface area contributed by atoms with Crippen molar-refractivity contribution in [1.82, 2.24) is 10.6 Å². The quantitative estimate of drug-likeness (QED) is 0.702. The first-order valence-corrected chi connectivity index (χ1v) is 5.83. The van der Waals surface area contributed by atoms with Gasteiger partial charge in [-0.2, -0.15) is 0 Å². The molecule has 4 nitrogen and oxygen atoms in total. The van der Waals surface area contributed by atoms with Crippen LogP contribution < -0.4 is 10.6 Å². The molecule has 1 aliphatic heterocycles. The molecule has 0 aromatic heterocycles. The van der Waals surface area contributed by atoms with Crippen molar-refractivity contribution < 1.29 is 9.53 Å². The summed E-state index contributed by atoms with van der Waals surface area (Å²) in [5.74, 6) is 0.165. The number of hydrogen-bond acceptors (Lipinski definition) is 3. The Morgan fingerprint density at radius 1 is 1.60 bits per heavy atom. The Hall–Kier alpha value is -0.610. The summed E-state index contributed by atoms with van der Waals surface area (Å²) in [4.78, 5) is 11.7. The van der Waals surface area contributed by atoms with E-state index in [4.69, 9.17) is 4.74 Å². The minimum Gasteiger partial charge on any atom is -0.379 e. The SMILES string of the molecule is CCNCC(C)C(=O)NC1CCCOC1. The molecule has 88 valence electrons. The third kappa shape index (κ3) is 4.62. The first kappa shape index (κ1) is 12.5. The molecule has 2 unspecified atom stereocenters. The van der Waals surface area contributed by atoms with Crippen molar-refractivity contribution in [3.63, 3.8) is 0 Å². The maximum Gasteiger partial charge on any atom is 0.224 e. The van der Waals surface area contributed by atoms with Gasteiger partial charge in [0, 0.05) is 19.1 Å². The summed E-state index contributed by atoms with van der Waals surface area (Å²) in [5, 5.41) is 6.20. The van der Waals surface area contributed by atoms with Crippen molar-refractivity contribution in [3.8, 4) is 0 Å². The normalized spacial score (nSPS) is 23.5. The molecule has 0 aromatic carbocycles. The standard InChI is InChI=1S/C11H22N2O2/c1-3-12-7-9(2)11(14)13-10-5-4-6-15-8-10/h9-10,12H,3-8H2,1-2H3,(H,13,14). The molecular formula is C11H22N2O2. The minimum absolute atomic E-state index is 0.0341. The summed E-state index contributed by atoms with van der Waals surface area (Å²) >= 11 is 0. The van der Waals surface area contributed by atoms with Crippen molar-refractivity contribution in [2.45, 2.75) is 32.7 Å². The van der Waals surface area contributed by atoms with Crippen LogP contribution in [0.25, 0.3) is 0 Å². The third-order valence-corrected chi connectivity index (χ3v) is 2.65. The Labute approximate surface area is 91.8 Å². The van der Waals surface area contributed by atoms with Crippen molar-refractivity contribution >= 4 is 5.91 Å². The molecule has 15 heavy (non-hydrogen) atoms. The predicted octanol–water partition coefficient (Wildman–Crippen LogP) is 0.527. The second-order valence-electron chi connectivity index (χ2n) is 4.13. The van der Waals surface area contributed by atoms with Crippen LogP contribution in [0.2, 0.25) is 0 Å².